The van der Waals surface area contributed by atoms with E-state index in [1.54, 1.807) is 0 Å². The predicted molar refractivity (Wildman–Crippen MR) is 102 cm³/mol. The Labute approximate surface area is 152 Å². The second-order valence-corrected chi connectivity index (χ2v) is 8.16. The van der Waals surface area contributed by atoms with Crippen LogP contribution in [0.5, 0.6) is 0 Å². The molecule has 0 radical (unpaired) electrons. The molecule has 2 heterocycles. The number of likely N-dealkylation sites (tertiary alicyclic amines) is 1. The van der Waals surface area contributed by atoms with Crippen molar-refractivity contribution in [3.05, 3.63) is 35.9 Å². The zero-order valence-electron chi connectivity index (χ0n) is 16.0. The smallest absolute Gasteiger partial charge is 0.239 e. The molecule has 138 valence electrons. The number of amides is 1. The average molecular weight is 344 g/mol. The topological polar surface area (TPSA) is 26.8 Å². The highest BCUT2D eigenvalue weighted by atomic mass is 16.2. The van der Waals surface area contributed by atoms with E-state index in [0.29, 0.717) is 17.7 Å². The summed E-state index contributed by atoms with van der Waals surface area (Å²) in [5, 5.41) is 0. The molecule has 1 amide bonds. The normalized spacial score (nSPS) is 27.2. The monoisotopic (exact) mass is 343 g/mol. The molecule has 3 rings (SSSR count). The first-order valence-electron chi connectivity index (χ1n) is 9.82. The minimum absolute atomic E-state index is 0.0105. The van der Waals surface area contributed by atoms with Crippen LogP contribution in [0.4, 0.5) is 0 Å². The Kier molecular flexibility index (Phi) is 6.13. The maximum Gasteiger partial charge on any atom is 0.239 e. The van der Waals surface area contributed by atoms with Crippen LogP contribution in [0.25, 0.3) is 0 Å². The van der Waals surface area contributed by atoms with E-state index in [0.717, 1.165) is 45.8 Å². The molecule has 4 nitrogen and oxygen atoms in total. The lowest BCUT2D eigenvalue weighted by atomic mass is 9.91. The van der Waals surface area contributed by atoms with E-state index < -0.39 is 0 Å². The molecule has 0 aromatic heterocycles. The van der Waals surface area contributed by atoms with Gasteiger partial charge in [0.25, 0.3) is 0 Å². The summed E-state index contributed by atoms with van der Waals surface area (Å²) in [4.78, 5) is 19.9. The second kappa shape index (κ2) is 8.33. The Hall–Kier alpha value is -1.39. The van der Waals surface area contributed by atoms with Crippen LogP contribution in [-0.2, 0) is 11.3 Å². The molecule has 0 bridgehead atoms. The van der Waals surface area contributed by atoms with Gasteiger partial charge in [-0.25, -0.2) is 0 Å². The number of benzene rings is 1. The summed E-state index contributed by atoms with van der Waals surface area (Å²) < 4.78 is 0. The van der Waals surface area contributed by atoms with Crippen LogP contribution in [0.3, 0.4) is 0 Å². The van der Waals surface area contributed by atoms with E-state index in [-0.39, 0.29) is 6.04 Å². The third kappa shape index (κ3) is 4.83. The average Bonchev–Trinajstić information content (AvgIpc) is 2.61. The standard InChI is InChI=1S/C21H33N3O/c1-17-13-18(2)15-24(14-17)21(25)19(3)23-11-9-22(10-12-23)16-20-7-5-4-6-8-20/h4-8,17-19H,9-16H2,1-3H3. The summed E-state index contributed by atoms with van der Waals surface area (Å²) in [7, 11) is 0. The molecule has 25 heavy (non-hydrogen) atoms. The van der Waals surface area contributed by atoms with E-state index in [2.05, 4.69) is 65.8 Å². The minimum Gasteiger partial charge on any atom is -0.341 e. The van der Waals surface area contributed by atoms with Crippen LogP contribution < -0.4 is 0 Å². The van der Waals surface area contributed by atoms with Crippen molar-refractivity contribution in [1.29, 1.82) is 0 Å². The summed E-state index contributed by atoms with van der Waals surface area (Å²) in [5.74, 6) is 1.58. The Morgan fingerprint density at radius 1 is 1.04 bits per heavy atom. The number of piperidine rings is 1. The van der Waals surface area contributed by atoms with Gasteiger partial charge in [0.05, 0.1) is 6.04 Å². The fraction of sp³-hybridized carbons (Fsp3) is 0.667. The molecule has 3 unspecified atom stereocenters. The molecule has 0 spiro atoms. The first-order chi connectivity index (χ1) is 12.0. The van der Waals surface area contributed by atoms with Crippen LogP contribution in [0, 0.1) is 11.8 Å². The van der Waals surface area contributed by atoms with Gasteiger partial charge in [0, 0.05) is 45.8 Å². The Balaban J connectivity index is 1.49. The predicted octanol–water partition coefficient (Wildman–Crippen LogP) is 2.70. The van der Waals surface area contributed by atoms with Gasteiger partial charge < -0.3 is 4.90 Å². The third-order valence-electron chi connectivity index (χ3n) is 5.74. The van der Waals surface area contributed by atoms with Crippen LogP contribution in [-0.4, -0.2) is 65.9 Å². The molecule has 2 aliphatic heterocycles. The fourth-order valence-corrected chi connectivity index (χ4v) is 4.41. The van der Waals surface area contributed by atoms with Gasteiger partial charge in [-0.3, -0.25) is 14.6 Å². The van der Waals surface area contributed by atoms with Crippen molar-refractivity contribution < 1.29 is 4.79 Å². The summed E-state index contributed by atoms with van der Waals surface area (Å²) in [5.41, 5.74) is 1.37. The van der Waals surface area contributed by atoms with E-state index in [4.69, 9.17) is 0 Å². The van der Waals surface area contributed by atoms with Crippen molar-refractivity contribution in [3.8, 4) is 0 Å². The van der Waals surface area contributed by atoms with Crippen molar-refractivity contribution in [3.63, 3.8) is 0 Å². The van der Waals surface area contributed by atoms with Crippen molar-refractivity contribution >= 4 is 5.91 Å². The number of carbonyl (C=O) groups excluding carboxylic acids is 1. The molecule has 4 heteroatoms. The van der Waals surface area contributed by atoms with Crippen molar-refractivity contribution in [2.75, 3.05) is 39.3 Å². The lowest BCUT2D eigenvalue weighted by Crippen LogP contribution is -2.56. The van der Waals surface area contributed by atoms with Gasteiger partial charge in [-0.1, -0.05) is 44.2 Å². The molecule has 2 fully saturated rings. The van der Waals surface area contributed by atoms with Gasteiger partial charge in [0.2, 0.25) is 5.91 Å². The van der Waals surface area contributed by atoms with Gasteiger partial charge in [-0.05, 0) is 30.7 Å². The lowest BCUT2D eigenvalue weighted by Gasteiger charge is -2.41. The molecular formula is C21H33N3O. The Morgan fingerprint density at radius 3 is 2.24 bits per heavy atom. The van der Waals surface area contributed by atoms with E-state index in [1.165, 1.54) is 12.0 Å². The van der Waals surface area contributed by atoms with Gasteiger partial charge >= 0.3 is 0 Å². The van der Waals surface area contributed by atoms with Crippen LogP contribution >= 0.6 is 0 Å². The van der Waals surface area contributed by atoms with Gasteiger partial charge in [0.1, 0.15) is 0 Å². The molecular weight excluding hydrogens is 310 g/mol. The maximum absolute atomic E-state index is 12.9. The number of piperazine rings is 1. The zero-order chi connectivity index (χ0) is 17.8. The van der Waals surface area contributed by atoms with Gasteiger partial charge in [-0.15, -0.1) is 0 Å². The quantitative estimate of drug-likeness (QED) is 0.841. The SMILES string of the molecule is CC1CC(C)CN(C(=O)C(C)N2CCN(Cc3ccccc3)CC2)C1. The second-order valence-electron chi connectivity index (χ2n) is 8.16. The highest BCUT2D eigenvalue weighted by molar-refractivity contribution is 5.81. The number of nitrogens with zero attached hydrogens (tertiary/aromatic N) is 3. The van der Waals surface area contributed by atoms with Gasteiger partial charge in [0.15, 0.2) is 0 Å². The number of hydrogen-bond donors (Lipinski definition) is 0. The molecule has 0 aliphatic carbocycles. The fourth-order valence-electron chi connectivity index (χ4n) is 4.41. The lowest BCUT2D eigenvalue weighted by molar-refractivity contribution is -0.139. The number of hydrogen-bond acceptors (Lipinski definition) is 3. The van der Waals surface area contributed by atoms with Crippen molar-refractivity contribution in [2.24, 2.45) is 11.8 Å². The summed E-state index contributed by atoms with van der Waals surface area (Å²) in [6, 6.07) is 10.7. The van der Waals surface area contributed by atoms with Crippen molar-refractivity contribution in [1.82, 2.24) is 14.7 Å². The first kappa shape index (κ1) is 18.4. The van der Waals surface area contributed by atoms with Crippen LogP contribution in [0.15, 0.2) is 30.3 Å². The van der Waals surface area contributed by atoms with Gasteiger partial charge in [-0.2, -0.15) is 0 Å². The van der Waals surface area contributed by atoms with Crippen LogP contribution in [0.1, 0.15) is 32.8 Å². The summed E-state index contributed by atoms with van der Waals surface area (Å²) in [6.07, 6.45) is 1.25. The molecule has 2 saturated heterocycles. The zero-order valence-corrected chi connectivity index (χ0v) is 16.0. The Morgan fingerprint density at radius 2 is 1.64 bits per heavy atom. The highest BCUT2D eigenvalue weighted by Gasteiger charge is 2.32. The van der Waals surface area contributed by atoms with E-state index in [9.17, 15) is 4.79 Å². The Bertz CT molecular complexity index is 544. The number of carbonyl (C=O) groups is 1. The molecule has 1 aromatic rings. The molecule has 3 atom stereocenters. The van der Waals surface area contributed by atoms with Crippen molar-refractivity contribution in [2.45, 2.75) is 39.8 Å². The largest absolute Gasteiger partial charge is 0.341 e. The summed E-state index contributed by atoms with van der Waals surface area (Å²) >= 11 is 0. The summed E-state index contributed by atoms with van der Waals surface area (Å²) in [6.45, 7) is 13.6. The first-order valence-corrected chi connectivity index (χ1v) is 9.82. The molecule has 0 saturated carbocycles. The van der Waals surface area contributed by atoms with E-state index >= 15 is 0 Å². The minimum atomic E-state index is 0.0105. The third-order valence-corrected chi connectivity index (χ3v) is 5.74. The maximum atomic E-state index is 12.9. The molecule has 1 aromatic carbocycles. The van der Waals surface area contributed by atoms with Crippen LogP contribution in [0.2, 0.25) is 0 Å². The molecule has 0 N–H and O–H groups in total. The molecule has 2 aliphatic rings. The van der Waals surface area contributed by atoms with E-state index in [1.807, 2.05) is 0 Å². The number of rotatable bonds is 4. The highest BCUT2D eigenvalue weighted by Crippen LogP contribution is 2.22.